The van der Waals surface area contributed by atoms with Crippen molar-refractivity contribution in [2.75, 3.05) is 13.2 Å². The topological polar surface area (TPSA) is 79.5 Å². The van der Waals surface area contributed by atoms with Crippen LogP contribution in [0.1, 0.15) is 56.2 Å². The molecule has 132 valence electrons. The second-order valence-corrected chi connectivity index (χ2v) is 6.63. The van der Waals surface area contributed by atoms with Crippen LogP contribution in [0.3, 0.4) is 0 Å². The fourth-order valence-corrected chi connectivity index (χ4v) is 2.66. The fourth-order valence-electron chi connectivity index (χ4n) is 2.66. The molecule has 0 aliphatic carbocycles. The van der Waals surface area contributed by atoms with Crippen molar-refractivity contribution in [1.29, 1.82) is 0 Å². The molecule has 6 nitrogen and oxygen atoms in total. The highest BCUT2D eigenvalue weighted by Crippen LogP contribution is 2.30. The van der Waals surface area contributed by atoms with Gasteiger partial charge >= 0.3 is 0 Å². The van der Waals surface area contributed by atoms with E-state index in [9.17, 15) is 4.79 Å². The molecule has 0 saturated heterocycles. The van der Waals surface area contributed by atoms with Gasteiger partial charge in [-0.2, -0.15) is 5.10 Å². The molecular formula is C18H28N4O2. The number of aryl methyl sites for hydroxylation is 1. The van der Waals surface area contributed by atoms with E-state index >= 15 is 0 Å². The summed E-state index contributed by atoms with van der Waals surface area (Å²) in [5.74, 6) is -0.180. The number of hydrogen-bond acceptors (Lipinski definition) is 4. The fraction of sp³-hybridized carbons (Fsp3) is 0.611. The van der Waals surface area contributed by atoms with Crippen molar-refractivity contribution in [3.05, 3.63) is 29.6 Å². The first-order valence-electron chi connectivity index (χ1n) is 8.70. The van der Waals surface area contributed by atoms with Gasteiger partial charge in [-0.15, -0.1) is 0 Å². The predicted octanol–water partition coefficient (Wildman–Crippen LogP) is 2.29. The molecule has 2 atom stereocenters. The number of aliphatic hydroxyl groups excluding tert-OH is 1. The maximum atomic E-state index is 12.4. The minimum atomic E-state index is -0.462. The van der Waals surface area contributed by atoms with E-state index in [0.717, 1.165) is 31.5 Å². The molecule has 1 amide bonds. The van der Waals surface area contributed by atoms with Crippen molar-refractivity contribution < 1.29 is 9.90 Å². The molecule has 2 rings (SSSR count). The van der Waals surface area contributed by atoms with E-state index in [1.807, 2.05) is 36.7 Å². The number of allylic oxidation sites excluding steroid dienone is 1. The van der Waals surface area contributed by atoms with Crippen LogP contribution >= 0.6 is 0 Å². The number of hydrogen-bond donors (Lipinski definition) is 2. The number of nitrogens with zero attached hydrogens (tertiary/aromatic N) is 3. The van der Waals surface area contributed by atoms with Crippen LogP contribution in [0.2, 0.25) is 0 Å². The monoisotopic (exact) mass is 332 g/mol. The third-order valence-corrected chi connectivity index (χ3v) is 4.28. The molecule has 0 radical (unpaired) electrons. The van der Waals surface area contributed by atoms with Crippen molar-refractivity contribution in [2.24, 2.45) is 10.9 Å². The first kappa shape index (κ1) is 18.4. The number of aliphatic imine (C=N–C) groups is 1. The lowest BCUT2D eigenvalue weighted by Gasteiger charge is -2.20. The van der Waals surface area contributed by atoms with Crippen LogP contribution < -0.4 is 5.32 Å². The normalized spacial score (nSPS) is 20.5. The molecule has 24 heavy (non-hydrogen) atoms. The van der Waals surface area contributed by atoms with E-state index in [1.165, 1.54) is 0 Å². The third kappa shape index (κ3) is 4.32. The molecule has 1 aromatic rings. The zero-order chi connectivity index (χ0) is 17.6. The molecule has 6 heteroatoms. The van der Waals surface area contributed by atoms with Gasteiger partial charge in [0.25, 0.3) is 5.91 Å². The summed E-state index contributed by atoms with van der Waals surface area (Å²) < 4.78 is 1.91. The van der Waals surface area contributed by atoms with E-state index in [2.05, 4.69) is 22.3 Å². The van der Waals surface area contributed by atoms with Crippen LogP contribution in [0, 0.1) is 5.92 Å². The van der Waals surface area contributed by atoms with Gasteiger partial charge in [-0.3, -0.25) is 14.5 Å². The van der Waals surface area contributed by atoms with Crippen molar-refractivity contribution in [1.82, 2.24) is 15.1 Å². The van der Waals surface area contributed by atoms with E-state index in [0.29, 0.717) is 12.2 Å². The zero-order valence-corrected chi connectivity index (χ0v) is 14.8. The lowest BCUT2D eigenvalue weighted by molar-refractivity contribution is 0.0936. The maximum absolute atomic E-state index is 12.4. The van der Waals surface area contributed by atoms with E-state index in [-0.39, 0.29) is 18.4 Å². The predicted molar refractivity (Wildman–Crippen MR) is 95.3 cm³/mol. The number of amides is 1. The van der Waals surface area contributed by atoms with Crippen LogP contribution in [0.5, 0.6) is 0 Å². The van der Waals surface area contributed by atoms with E-state index in [1.54, 1.807) is 6.21 Å². The highest BCUT2D eigenvalue weighted by molar-refractivity contribution is 5.92. The van der Waals surface area contributed by atoms with Gasteiger partial charge in [0.2, 0.25) is 0 Å². The summed E-state index contributed by atoms with van der Waals surface area (Å²) in [6.07, 6.45) is 9.02. The molecule has 0 spiro atoms. The molecule has 2 heterocycles. The van der Waals surface area contributed by atoms with Gasteiger partial charge in [-0.25, -0.2) is 0 Å². The Bertz CT molecular complexity index is 607. The summed E-state index contributed by atoms with van der Waals surface area (Å²) in [5, 5.41) is 16.4. The smallest absolute Gasteiger partial charge is 0.271 e. The summed E-state index contributed by atoms with van der Waals surface area (Å²) >= 11 is 0. The average Bonchev–Trinajstić information content (AvgIpc) is 3.20. The summed E-state index contributed by atoms with van der Waals surface area (Å²) in [6, 6.07) is 1.83. The Hall–Kier alpha value is -1.95. The van der Waals surface area contributed by atoms with Crippen molar-refractivity contribution in [3.8, 4) is 0 Å². The Morgan fingerprint density at radius 3 is 2.88 bits per heavy atom. The number of carbonyl (C=O) groups is 1. The maximum Gasteiger partial charge on any atom is 0.271 e. The second-order valence-electron chi connectivity index (χ2n) is 6.63. The Morgan fingerprint density at radius 1 is 1.46 bits per heavy atom. The first-order chi connectivity index (χ1) is 11.5. The number of carbonyl (C=O) groups excluding carboxylic acids is 1. The lowest BCUT2D eigenvalue weighted by atomic mass is 9.99. The van der Waals surface area contributed by atoms with Crippen LogP contribution in [-0.2, 0) is 12.1 Å². The van der Waals surface area contributed by atoms with Gasteiger partial charge in [0.1, 0.15) is 5.54 Å². The standard InChI is InChI=1S/C18H28N4O2/c1-4-5-6-10-22-16(18(3)8-7-9-20-18)11-15(21-22)17(24)19-12-14(2)13-23/h7-9,11,14,23H,4-6,10,12-13H2,1-3H3,(H,19,24). The molecular weight excluding hydrogens is 304 g/mol. The number of rotatable bonds is 9. The van der Waals surface area contributed by atoms with Crippen LogP contribution in [-0.4, -0.2) is 40.2 Å². The molecule has 1 aromatic heterocycles. The molecule has 0 aromatic carbocycles. The van der Waals surface area contributed by atoms with Gasteiger partial charge in [-0.05, 0) is 37.5 Å². The molecule has 0 saturated carbocycles. The molecule has 1 aliphatic heterocycles. The Morgan fingerprint density at radius 2 is 2.25 bits per heavy atom. The van der Waals surface area contributed by atoms with Crippen molar-refractivity contribution >= 4 is 12.1 Å². The Balaban J connectivity index is 2.19. The number of nitrogens with one attached hydrogen (secondary N) is 1. The Kier molecular flexibility index (Phi) is 6.31. The van der Waals surface area contributed by atoms with Gasteiger partial charge in [0.05, 0.1) is 5.69 Å². The van der Waals surface area contributed by atoms with Gasteiger partial charge in [0, 0.05) is 25.9 Å². The number of aliphatic hydroxyl groups is 1. The number of aromatic nitrogens is 2. The molecule has 0 bridgehead atoms. The lowest BCUT2D eigenvalue weighted by Crippen LogP contribution is -2.29. The van der Waals surface area contributed by atoms with Gasteiger partial charge in [-0.1, -0.05) is 26.7 Å². The largest absolute Gasteiger partial charge is 0.396 e. The third-order valence-electron chi connectivity index (χ3n) is 4.28. The zero-order valence-electron chi connectivity index (χ0n) is 14.8. The first-order valence-corrected chi connectivity index (χ1v) is 8.70. The minimum absolute atomic E-state index is 0.0277. The summed E-state index contributed by atoms with van der Waals surface area (Å²) in [6.45, 7) is 7.33. The SMILES string of the molecule is CCCCCn1nc(C(=O)NCC(C)CO)cc1C1(C)C=CC=N1. The van der Waals surface area contributed by atoms with Gasteiger partial charge in [0.15, 0.2) is 5.69 Å². The highest BCUT2D eigenvalue weighted by atomic mass is 16.3. The molecule has 1 aliphatic rings. The average molecular weight is 332 g/mol. The van der Waals surface area contributed by atoms with Crippen LogP contribution in [0.25, 0.3) is 0 Å². The van der Waals surface area contributed by atoms with Gasteiger partial charge < -0.3 is 10.4 Å². The van der Waals surface area contributed by atoms with E-state index < -0.39 is 5.54 Å². The van der Waals surface area contributed by atoms with Crippen LogP contribution in [0.15, 0.2) is 23.2 Å². The molecule has 2 N–H and O–H groups in total. The quantitative estimate of drug-likeness (QED) is 0.681. The summed E-state index contributed by atoms with van der Waals surface area (Å²) in [7, 11) is 0. The van der Waals surface area contributed by atoms with Crippen LogP contribution in [0.4, 0.5) is 0 Å². The van der Waals surface area contributed by atoms with Crippen molar-refractivity contribution in [3.63, 3.8) is 0 Å². The molecule has 0 fully saturated rings. The van der Waals surface area contributed by atoms with E-state index in [4.69, 9.17) is 5.11 Å². The molecule has 2 unspecified atom stereocenters. The summed E-state index contributed by atoms with van der Waals surface area (Å²) in [4.78, 5) is 16.9. The second kappa shape index (κ2) is 8.24. The minimum Gasteiger partial charge on any atom is -0.396 e. The van der Waals surface area contributed by atoms with Crippen molar-refractivity contribution in [2.45, 2.75) is 52.1 Å². The summed E-state index contributed by atoms with van der Waals surface area (Å²) in [5.41, 5.74) is 0.878. The Labute approximate surface area is 143 Å². The number of unbranched alkanes of at least 4 members (excludes halogenated alkanes) is 2. The highest BCUT2D eigenvalue weighted by Gasteiger charge is 2.30.